The lowest BCUT2D eigenvalue weighted by molar-refractivity contribution is 0.0474. The summed E-state index contributed by atoms with van der Waals surface area (Å²) in [5.41, 5.74) is 0.590. The van der Waals surface area contributed by atoms with Gasteiger partial charge in [0.15, 0.2) is 12.4 Å². The van der Waals surface area contributed by atoms with Crippen LogP contribution in [0, 0.1) is 0 Å². The molecule has 2 aromatic rings. The average Bonchev–Trinajstić information content (AvgIpc) is 2.78. The van der Waals surface area contributed by atoms with Gasteiger partial charge < -0.3 is 9.47 Å². The molecule has 29 heavy (non-hydrogen) atoms. The molecule has 1 fully saturated rings. The Labute approximate surface area is 170 Å². The summed E-state index contributed by atoms with van der Waals surface area (Å²) in [7, 11) is -2.02. The first-order chi connectivity index (χ1) is 13.9. The third kappa shape index (κ3) is 5.02. The largest absolute Gasteiger partial charge is 0.497 e. The molecule has 1 aliphatic rings. The van der Waals surface area contributed by atoms with Crippen molar-refractivity contribution in [3.63, 3.8) is 0 Å². The van der Waals surface area contributed by atoms with Gasteiger partial charge in [-0.2, -0.15) is 4.31 Å². The number of esters is 1. The van der Waals surface area contributed by atoms with Gasteiger partial charge in [-0.05, 0) is 61.4 Å². The van der Waals surface area contributed by atoms with Crippen LogP contribution >= 0.6 is 0 Å². The van der Waals surface area contributed by atoms with Gasteiger partial charge in [0.05, 0.1) is 17.6 Å². The number of rotatable bonds is 7. The van der Waals surface area contributed by atoms with Crippen molar-refractivity contribution in [1.29, 1.82) is 0 Å². The summed E-state index contributed by atoms with van der Waals surface area (Å²) in [4.78, 5) is 24.5. The number of ketones is 1. The topological polar surface area (TPSA) is 90.0 Å². The maximum absolute atomic E-state index is 12.6. The van der Waals surface area contributed by atoms with Crippen LogP contribution in [0.3, 0.4) is 0 Å². The Morgan fingerprint density at radius 3 is 2.07 bits per heavy atom. The number of hydrogen-bond acceptors (Lipinski definition) is 6. The van der Waals surface area contributed by atoms with Crippen LogP contribution in [0.5, 0.6) is 5.75 Å². The number of carbonyl (C=O) groups excluding carboxylic acids is 2. The zero-order valence-corrected chi connectivity index (χ0v) is 17.0. The standard InChI is InChI=1S/C21H23NO6S/c1-27-18-9-5-17(6-10-18)21(24)28-15-20(23)16-7-11-19(12-8-16)29(25,26)22-13-3-2-4-14-22/h5-12H,2-4,13-15H2,1H3. The number of methoxy groups -OCH3 is 1. The smallest absolute Gasteiger partial charge is 0.338 e. The number of piperidine rings is 1. The number of carbonyl (C=O) groups is 2. The molecule has 0 unspecified atom stereocenters. The van der Waals surface area contributed by atoms with Crippen molar-refractivity contribution in [2.75, 3.05) is 26.8 Å². The number of benzene rings is 2. The minimum atomic E-state index is -3.55. The lowest BCUT2D eigenvalue weighted by atomic mass is 10.1. The second-order valence-corrected chi connectivity index (χ2v) is 8.65. The molecule has 0 aromatic heterocycles. The van der Waals surface area contributed by atoms with Gasteiger partial charge in [0.25, 0.3) is 0 Å². The van der Waals surface area contributed by atoms with Crippen LogP contribution in [0.1, 0.15) is 40.0 Å². The Kier molecular flexibility index (Phi) is 6.66. The molecule has 0 radical (unpaired) electrons. The van der Waals surface area contributed by atoms with Crippen LogP contribution in [0.15, 0.2) is 53.4 Å². The monoisotopic (exact) mass is 417 g/mol. The molecule has 0 N–H and O–H groups in total. The van der Waals surface area contributed by atoms with Crippen molar-refractivity contribution in [3.8, 4) is 5.75 Å². The molecule has 8 heteroatoms. The fourth-order valence-corrected chi connectivity index (χ4v) is 4.61. The highest BCUT2D eigenvalue weighted by atomic mass is 32.2. The van der Waals surface area contributed by atoms with Crippen molar-refractivity contribution in [1.82, 2.24) is 4.31 Å². The predicted molar refractivity (Wildman–Crippen MR) is 107 cm³/mol. The summed E-state index contributed by atoms with van der Waals surface area (Å²) in [5.74, 6) is -0.420. The van der Waals surface area contributed by atoms with Crippen LogP contribution in [-0.4, -0.2) is 51.3 Å². The molecule has 2 aromatic carbocycles. The highest BCUT2D eigenvalue weighted by Crippen LogP contribution is 2.21. The van der Waals surface area contributed by atoms with Gasteiger partial charge in [0.1, 0.15) is 5.75 Å². The van der Waals surface area contributed by atoms with Crippen LogP contribution in [0.4, 0.5) is 0 Å². The Morgan fingerprint density at radius 2 is 1.48 bits per heavy atom. The van der Waals surface area contributed by atoms with E-state index in [2.05, 4.69) is 0 Å². The molecule has 154 valence electrons. The first-order valence-electron chi connectivity index (χ1n) is 9.36. The van der Waals surface area contributed by atoms with Gasteiger partial charge >= 0.3 is 5.97 Å². The Balaban J connectivity index is 1.60. The lowest BCUT2D eigenvalue weighted by Crippen LogP contribution is -2.35. The quantitative estimate of drug-likeness (QED) is 0.508. The highest BCUT2D eigenvalue weighted by Gasteiger charge is 2.26. The van der Waals surface area contributed by atoms with Crippen LogP contribution < -0.4 is 4.74 Å². The van der Waals surface area contributed by atoms with E-state index in [9.17, 15) is 18.0 Å². The van der Waals surface area contributed by atoms with Crippen molar-refractivity contribution in [3.05, 3.63) is 59.7 Å². The van der Waals surface area contributed by atoms with E-state index in [1.54, 1.807) is 24.3 Å². The van der Waals surface area contributed by atoms with E-state index in [-0.39, 0.29) is 10.5 Å². The van der Waals surface area contributed by atoms with Crippen molar-refractivity contribution < 1.29 is 27.5 Å². The molecule has 0 spiro atoms. The van der Waals surface area contributed by atoms with Crippen LogP contribution in [-0.2, 0) is 14.8 Å². The summed E-state index contributed by atoms with van der Waals surface area (Å²) < 4.78 is 36.9. The number of Topliss-reactive ketones (excluding diaryl/α,β-unsaturated/α-hetero) is 1. The fraction of sp³-hybridized carbons (Fsp3) is 0.333. The average molecular weight is 417 g/mol. The molecule has 7 nitrogen and oxygen atoms in total. The summed E-state index contributed by atoms with van der Waals surface area (Å²) in [6, 6.07) is 12.1. The summed E-state index contributed by atoms with van der Waals surface area (Å²) in [6.45, 7) is 0.609. The molecular formula is C21H23NO6S. The molecule has 3 rings (SSSR count). The number of hydrogen-bond donors (Lipinski definition) is 0. The lowest BCUT2D eigenvalue weighted by Gasteiger charge is -2.25. The zero-order valence-electron chi connectivity index (χ0n) is 16.2. The number of nitrogens with zero attached hydrogens (tertiary/aromatic N) is 1. The maximum Gasteiger partial charge on any atom is 0.338 e. The van der Waals surface area contributed by atoms with E-state index in [0.717, 1.165) is 19.3 Å². The first kappa shape index (κ1) is 21.0. The minimum Gasteiger partial charge on any atom is -0.497 e. The zero-order chi connectivity index (χ0) is 20.9. The van der Waals surface area contributed by atoms with Gasteiger partial charge in [-0.3, -0.25) is 4.79 Å². The number of sulfonamides is 1. The molecule has 1 heterocycles. The molecule has 0 atom stereocenters. The molecule has 0 saturated carbocycles. The Hall–Kier alpha value is -2.71. The van der Waals surface area contributed by atoms with Crippen LogP contribution in [0.25, 0.3) is 0 Å². The summed E-state index contributed by atoms with van der Waals surface area (Å²) in [5, 5.41) is 0. The second-order valence-electron chi connectivity index (χ2n) is 6.72. The molecule has 1 saturated heterocycles. The third-order valence-corrected chi connectivity index (χ3v) is 6.70. The second kappa shape index (κ2) is 9.19. The Bertz CT molecular complexity index is 961. The molecular weight excluding hydrogens is 394 g/mol. The first-order valence-corrected chi connectivity index (χ1v) is 10.8. The van der Waals surface area contributed by atoms with Gasteiger partial charge in [-0.15, -0.1) is 0 Å². The van der Waals surface area contributed by atoms with E-state index in [1.807, 2.05) is 0 Å². The van der Waals surface area contributed by atoms with Gasteiger partial charge in [-0.25, -0.2) is 13.2 Å². The van der Waals surface area contributed by atoms with Gasteiger partial charge in [0, 0.05) is 18.7 Å². The fourth-order valence-electron chi connectivity index (χ4n) is 3.09. The van der Waals surface area contributed by atoms with Crippen LogP contribution in [0.2, 0.25) is 0 Å². The normalized spacial score (nSPS) is 14.9. The minimum absolute atomic E-state index is 0.158. The molecule has 0 bridgehead atoms. The predicted octanol–water partition coefficient (Wildman–Crippen LogP) is 2.91. The maximum atomic E-state index is 12.6. The highest BCUT2D eigenvalue weighted by molar-refractivity contribution is 7.89. The van der Waals surface area contributed by atoms with E-state index in [1.165, 1.54) is 35.7 Å². The third-order valence-electron chi connectivity index (χ3n) is 4.79. The van der Waals surface area contributed by atoms with Crippen molar-refractivity contribution in [2.45, 2.75) is 24.2 Å². The van der Waals surface area contributed by atoms with Crippen molar-refractivity contribution >= 4 is 21.8 Å². The van der Waals surface area contributed by atoms with E-state index in [4.69, 9.17) is 9.47 Å². The number of ether oxygens (including phenoxy) is 2. The summed E-state index contributed by atoms with van der Waals surface area (Å²) >= 11 is 0. The summed E-state index contributed by atoms with van der Waals surface area (Å²) in [6.07, 6.45) is 2.75. The van der Waals surface area contributed by atoms with E-state index < -0.39 is 28.4 Å². The van der Waals surface area contributed by atoms with Crippen molar-refractivity contribution in [2.24, 2.45) is 0 Å². The molecule has 0 aliphatic carbocycles. The molecule has 1 aliphatic heterocycles. The Morgan fingerprint density at radius 1 is 0.897 bits per heavy atom. The van der Waals surface area contributed by atoms with E-state index >= 15 is 0 Å². The van der Waals surface area contributed by atoms with Gasteiger partial charge in [-0.1, -0.05) is 6.42 Å². The van der Waals surface area contributed by atoms with E-state index in [0.29, 0.717) is 24.4 Å². The van der Waals surface area contributed by atoms with Gasteiger partial charge in [0.2, 0.25) is 10.0 Å². The molecule has 0 amide bonds. The SMILES string of the molecule is COc1ccc(C(=O)OCC(=O)c2ccc(S(=O)(=O)N3CCCCC3)cc2)cc1.